The molecule has 20 heavy (non-hydrogen) atoms. The number of fused-ring (bicyclic) bond motifs is 1. The van der Waals surface area contributed by atoms with Gasteiger partial charge in [-0.1, -0.05) is 15.9 Å². The van der Waals surface area contributed by atoms with E-state index < -0.39 is 0 Å². The number of rotatable bonds is 3. The van der Waals surface area contributed by atoms with E-state index in [9.17, 15) is 4.39 Å². The maximum absolute atomic E-state index is 14.5. The lowest BCUT2D eigenvalue weighted by Crippen LogP contribution is -2.44. The monoisotopic (exact) mass is 344 g/mol. The molecule has 0 spiro atoms. The average Bonchev–Trinajstić information content (AvgIpc) is 2.48. The highest BCUT2D eigenvalue weighted by molar-refractivity contribution is 9.10. The quantitative estimate of drug-likeness (QED) is 0.906. The van der Waals surface area contributed by atoms with Crippen molar-refractivity contribution in [2.45, 2.75) is 6.42 Å². The summed E-state index contributed by atoms with van der Waals surface area (Å²) in [7, 11) is 0. The third kappa shape index (κ3) is 2.92. The van der Waals surface area contributed by atoms with Crippen molar-refractivity contribution in [2.75, 3.05) is 45.9 Å². The Morgan fingerprint density at radius 1 is 1.25 bits per heavy atom. The summed E-state index contributed by atoms with van der Waals surface area (Å²) in [4.78, 5) is 2.35. The van der Waals surface area contributed by atoms with Crippen LogP contribution in [-0.2, 0) is 6.42 Å². The molecule has 4 nitrogen and oxygen atoms in total. The van der Waals surface area contributed by atoms with Gasteiger partial charge in [-0.05, 0) is 12.5 Å². The summed E-state index contributed by atoms with van der Waals surface area (Å²) >= 11 is 3.44. The molecule has 0 atom stereocenters. The van der Waals surface area contributed by atoms with Crippen LogP contribution in [0.5, 0.6) is 11.5 Å². The number of nitrogens with one attached hydrogen (secondary N) is 1. The second-order valence-corrected chi connectivity index (χ2v) is 5.87. The number of hydrogen-bond donors (Lipinski definition) is 1. The molecule has 1 saturated heterocycles. The van der Waals surface area contributed by atoms with E-state index in [2.05, 4.69) is 26.1 Å². The van der Waals surface area contributed by atoms with Crippen molar-refractivity contribution < 1.29 is 13.9 Å². The molecule has 3 rings (SSSR count). The van der Waals surface area contributed by atoms with Crippen molar-refractivity contribution in [1.82, 2.24) is 10.2 Å². The maximum Gasteiger partial charge on any atom is 0.197 e. The normalized spacial score (nSPS) is 19.1. The van der Waals surface area contributed by atoms with E-state index in [1.54, 1.807) is 0 Å². The van der Waals surface area contributed by atoms with Crippen LogP contribution in [0, 0.1) is 5.82 Å². The van der Waals surface area contributed by atoms with Gasteiger partial charge in [-0.25, -0.2) is 4.39 Å². The third-order valence-electron chi connectivity index (χ3n) is 3.71. The van der Waals surface area contributed by atoms with Crippen LogP contribution >= 0.6 is 15.9 Å². The van der Waals surface area contributed by atoms with Crippen LogP contribution in [0.1, 0.15) is 5.56 Å². The molecule has 0 unspecified atom stereocenters. The lowest BCUT2D eigenvalue weighted by molar-refractivity contribution is 0.163. The fourth-order valence-electron chi connectivity index (χ4n) is 2.59. The average molecular weight is 345 g/mol. The van der Waals surface area contributed by atoms with E-state index in [0.717, 1.165) is 37.2 Å². The molecular weight excluding hydrogens is 327 g/mol. The predicted molar refractivity (Wildman–Crippen MR) is 78.1 cm³/mol. The zero-order chi connectivity index (χ0) is 13.9. The molecule has 6 heteroatoms. The van der Waals surface area contributed by atoms with Crippen molar-refractivity contribution >= 4 is 15.9 Å². The molecule has 0 saturated carbocycles. The second kappa shape index (κ2) is 6.28. The molecule has 110 valence electrons. The number of ether oxygens (including phenoxy) is 2. The summed E-state index contributed by atoms with van der Waals surface area (Å²) in [5.74, 6) is 0.463. The first-order chi connectivity index (χ1) is 9.75. The van der Waals surface area contributed by atoms with Crippen LogP contribution in [0.2, 0.25) is 0 Å². The van der Waals surface area contributed by atoms with Crippen molar-refractivity contribution in [3.8, 4) is 11.5 Å². The summed E-state index contributed by atoms with van der Waals surface area (Å²) in [6.45, 7) is 5.78. The summed E-state index contributed by atoms with van der Waals surface area (Å²) in [5.41, 5.74) is 0.674. The molecule has 0 aromatic heterocycles. The highest BCUT2D eigenvalue weighted by Gasteiger charge is 2.23. The van der Waals surface area contributed by atoms with Crippen LogP contribution in [-0.4, -0.2) is 50.8 Å². The van der Waals surface area contributed by atoms with Gasteiger partial charge in [0.2, 0.25) is 0 Å². The first-order valence-electron chi connectivity index (χ1n) is 6.95. The Morgan fingerprint density at radius 2 is 2.00 bits per heavy atom. The minimum Gasteiger partial charge on any atom is -0.486 e. The van der Waals surface area contributed by atoms with Gasteiger partial charge in [0, 0.05) is 42.8 Å². The summed E-state index contributed by atoms with van der Waals surface area (Å²) < 4.78 is 26.1. The van der Waals surface area contributed by atoms with Crippen molar-refractivity contribution in [2.24, 2.45) is 0 Å². The Morgan fingerprint density at radius 3 is 2.80 bits per heavy atom. The third-order valence-corrected chi connectivity index (χ3v) is 4.42. The van der Waals surface area contributed by atoms with Gasteiger partial charge < -0.3 is 19.7 Å². The van der Waals surface area contributed by atoms with E-state index in [0.29, 0.717) is 30.9 Å². The predicted octanol–water partition coefficient (Wildman–Crippen LogP) is 1.81. The van der Waals surface area contributed by atoms with Gasteiger partial charge in [0.25, 0.3) is 0 Å². The lowest BCUT2D eigenvalue weighted by Gasteiger charge is -2.27. The smallest absolute Gasteiger partial charge is 0.197 e. The minimum atomic E-state index is -0.288. The van der Waals surface area contributed by atoms with E-state index >= 15 is 0 Å². The molecule has 2 heterocycles. The molecule has 0 amide bonds. The van der Waals surface area contributed by atoms with Crippen LogP contribution < -0.4 is 14.8 Å². The Kier molecular flexibility index (Phi) is 4.43. The second-order valence-electron chi connectivity index (χ2n) is 5.02. The zero-order valence-electron chi connectivity index (χ0n) is 11.3. The molecule has 0 aliphatic carbocycles. The fraction of sp³-hybridized carbons (Fsp3) is 0.571. The van der Waals surface area contributed by atoms with Crippen LogP contribution in [0.3, 0.4) is 0 Å². The number of halogens is 2. The minimum absolute atomic E-state index is 0.259. The lowest BCUT2D eigenvalue weighted by atomic mass is 10.1. The summed E-state index contributed by atoms with van der Waals surface area (Å²) in [6, 6.07) is 1.81. The Bertz CT molecular complexity index is 493. The van der Waals surface area contributed by atoms with E-state index in [4.69, 9.17) is 9.47 Å². The Hall–Kier alpha value is -0.850. The number of hydrogen-bond acceptors (Lipinski definition) is 4. The Labute approximate surface area is 126 Å². The van der Waals surface area contributed by atoms with E-state index in [-0.39, 0.29) is 11.6 Å². The first kappa shape index (κ1) is 14.1. The van der Waals surface area contributed by atoms with Gasteiger partial charge in [0.1, 0.15) is 13.2 Å². The van der Waals surface area contributed by atoms with Crippen molar-refractivity contribution in [3.63, 3.8) is 0 Å². The molecule has 0 bridgehead atoms. The molecule has 2 aliphatic heterocycles. The van der Waals surface area contributed by atoms with Crippen molar-refractivity contribution in [3.05, 3.63) is 21.9 Å². The molecular formula is C14H18BrFN2O2. The number of benzene rings is 1. The highest BCUT2D eigenvalue weighted by atomic mass is 79.9. The SMILES string of the molecule is Fc1c(CCN2CCNCC2)c(Br)cc2c1OCCO2. The molecule has 1 N–H and O–H groups in total. The fourth-order valence-corrected chi connectivity index (χ4v) is 3.17. The van der Waals surface area contributed by atoms with Gasteiger partial charge in [-0.15, -0.1) is 0 Å². The number of piperazine rings is 1. The van der Waals surface area contributed by atoms with Crippen LogP contribution in [0.25, 0.3) is 0 Å². The van der Waals surface area contributed by atoms with E-state index in [1.807, 2.05) is 6.07 Å². The molecule has 0 radical (unpaired) electrons. The largest absolute Gasteiger partial charge is 0.486 e. The molecule has 1 fully saturated rings. The maximum atomic E-state index is 14.5. The van der Waals surface area contributed by atoms with Gasteiger partial charge in [-0.2, -0.15) is 0 Å². The van der Waals surface area contributed by atoms with Gasteiger partial charge in [0.15, 0.2) is 17.3 Å². The van der Waals surface area contributed by atoms with Crippen molar-refractivity contribution in [1.29, 1.82) is 0 Å². The van der Waals surface area contributed by atoms with Crippen LogP contribution in [0.4, 0.5) is 4.39 Å². The molecule has 1 aromatic rings. The standard InChI is InChI=1S/C14H18BrFN2O2/c15-11-9-12-14(20-8-7-19-12)13(16)10(11)1-4-18-5-2-17-3-6-18/h9,17H,1-8H2. The topological polar surface area (TPSA) is 33.7 Å². The summed E-state index contributed by atoms with van der Waals surface area (Å²) in [5, 5.41) is 3.32. The van der Waals surface area contributed by atoms with E-state index in [1.165, 1.54) is 0 Å². The first-order valence-corrected chi connectivity index (χ1v) is 7.74. The number of nitrogens with zero attached hydrogens (tertiary/aromatic N) is 1. The van der Waals surface area contributed by atoms with Gasteiger partial charge in [0.05, 0.1) is 0 Å². The molecule has 1 aromatic carbocycles. The van der Waals surface area contributed by atoms with Gasteiger partial charge >= 0.3 is 0 Å². The highest BCUT2D eigenvalue weighted by Crippen LogP contribution is 2.39. The van der Waals surface area contributed by atoms with Gasteiger partial charge in [-0.3, -0.25) is 0 Å². The molecule has 2 aliphatic rings. The Balaban J connectivity index is 1.75. The summed E-state index contributed by atoms with van der Waals surface area (Å²) in [6.07, 6.45) is 0.670. The zero-order valence-corrected chi connectivity index (χ0v) is 12.8. The van der Waals surface area contributed by atoms with Crippen LogP contribution in [0.15, 0.2) is 10.5 Å².